The molecule has 0 aromatic heterocycles. The average Bonchev–Trinajstić information content (AvgIpc) is 1.80. The maximum absolute atomic E-state index is 9.65. The Labute approximate surface area is 81.7 Å². The summed E-state index contributed by atoms with van der Waals surface area (Å²) < 4.78 is 0. The number of carboxylic acids is 1. The van der Waals surface area contributed by atoms with Gasteiger partial charge < -0.3 is 9.90 Å². The molecule has 54 valence electrons. The van der Waals surface area contributed by atoms with Crippen LogP contribution in [0.1, 0.15) is 13.3 Å². The molecule has 0 bridgehead atoms. The van der Waals surface area contributed by atoms with E-state index in [2.05, 4.69) is 9.78 Å². The second kappa shape index (κ2) is 9.39. The minimum Gasteiger partial charge on any atom is -0.547 e. The SMILES string of the molecule is CCCOOCC(=O)[O-].[Na+]. The van der Waals surface area contributed by atoms with Gasteiger partial charge in [0.25, 0.3) is 0 Å². The third kappa shape index (κ3) is 11.2. The van der Waals surface area contributed by atoms with Crippen LogP contribution in [0.3, 0.4) is 0 Å². The minimum atomic E-state index is -1.27. The average molecular weight is 156 g/mol. The Hall–Kier alpha value is 0.390. The predicted molar refractivity (Wildman–Crippen MR) is 27.2 cm³/mol. The molecule has 0 rings (SSSR count). The van der Waals surface area contributed by atoms with E-state index in [1.807, 2.05) is 6.92 Å². The summed E-state index contributed by atoms with van der Waals surface area (Å²) in [7, 11) is 0. The molecular formula is C5H9NaO4. The molecule has 0 fully saturated rings. The molecule has 0 saturated carbocycles. The van der Waals surface area contributed by atoms with E-state index >= 15 is 0 Å². The fraction of sp³-hybridized carbons (Fsp3) is 0.800. The van der Waals surface area contributed by atoms with Gasteiger partial charge >= 0.3 is 29.6 Å². The van der Waals surface area contributed by atoms with Crippen LogP contribution in [0, 0.1) is 0 Å². The largest absolute Gasteiger partial charge is 1.00 e. The van der Waals surface area contributed by atoms with Gasteiger partial charge in [-0.1, -0.05) is 6.92 Å². The van der Waals surface area contributed by atoms with Gasteiger partial charge in [-0.2, -0.15) is 0 Å². The molecule has 0 N–H and O–H groups in total. The second-order valence-corrected chi connectivity index (χ2v) is 1.46. The van der Waals surface area contributed by atoms with Gasteiger partial charge in [-0.3, -0.25) is 0 Å². The fourth-order valence-corrected chi connectivity index (χ4v) is 0.232. The van der Waals surface area contributed by atoms with Crippen LogP contribution in [0.2, 0.25) is 0 Å². The number of rotatable bonds is 5. The van der Waals surface area contributed by atoms with Gasteiger partial charge in [-0.05, 0) is 6.42 Å². The molecule has 4 nitrogen and oxygen atoms in total. The van der Waals surface area contributed by atoms with E-state index in [-0.39, 0.29) is 29.6 Å². The summed E-state index contributed by atoms with van der Waals surface area (Å²) >= 11 is 0. The molecule has 0 aliphatic rings. The van der Waals surface area contributed by atoms with E-state index in [9.17, 15) is 9.90 Å². The van der Waals surface area contributed by atoms with Crippen LogP contribution in [0.5, 0.6) is 0 Å². The zero-order valence-corrected chi connectivity index (χ0v) is 8.25. The zero-order valence-electron chi connectivity index (χ0n) is 6.25. The van der Waals surface area contributed by atoms with Gasteiger partial charge in [0.2, 0.25) is 0 Å². The van der Waals surface area contributed by atoms with E-state index in [1.165, 1.54) is 0 Å². The van der Waals surface area contributed by atoms with Gasteiger partial charge in [0.1, 0.15) is 6.61 Å². The Morgan fingerprint density at radius 3 is 2.50 bits per heavy atom. The number of carboxylic acid groups (broad SMARTS) is 1. The van der Waals surface area contributed by atoms with Crippen molar-refractivity contribution in [3.05, 3.63) is 0 Å². The van der Waals surface area contributed by atoms with Crippen LogP contribution >= 0.6 is 0 Å². The molecule has 0 heterocycles. The van der Waals surface area contributed by atoms with Gasteiger partial charge in [-0.15, -0.1) is 0 Å². The Morgan fingerprint density at radius 1 is 1.50 bits per heavy atom. The van der Waals surface area contributed by atoms with Crippen molar-refractivity contribution in [2.75, 3.05) is 13.2 Å². The van der Waals surface area contributed by atoms with Crippen molar-refractivity contribution in [1.82, 2.24) is 0 Å². The van der Waals surface area contributed by atoms with Crippen molar-refractivity contribution < 1.29 is 49.2 Å². The molecule has 5 heteroatoms. The minimum absolute atomic E-state index is 0. The molecule has 0 saturated heterocycles. The molecule has 0 aromatic carbocycles. The van der Waals surface area contributed by atoms with Gasteiger partial charge in [0.15, 0.2) is 0 Å². The molecule has 10 heavy (non-hydrogen) atoms. The molecule has 0 aliphatic heterocycles. The maximum Gasteiger partial charge on any atom is 1.00 e. The van der Waals surface area contributed by atoms with Crippen molar-refractivity contribution in [1.29, 1.82) is 0 Å². The summed E-state index contributed by atoms with van der Waals surface area (Å²) in [5.41, 5.74) is 0. The van der Waals surface area contributed by atoms with Gasteiger partial charge in [0.05, 0.1) is 12.6 Å². The topological polar surface area (TPSA) is 58.6 Å². The van der Waals surface area contributed by atoms with E-state index < -0.39 is 12.6 Å². The zero-order chi connectivity index (χ0) is 7.11. The number of carbonyl (C=O) groups is 1. The van der Waals surface area contributed by atoms with Crippen molar-refractivity contribution in [2.45, 2.75) is 13.3 Å². The summed E-state index contributed by atoms with van der Waals surface area (Å²) in [4.78, 5) is 18.2. The maximum atomic E-state index is 9.65. The molecule has 0 aromatic rings. The smallest absolute Gasteiger partial charge is 0.547 e. The van der Waals surface area contributed by atoms with Gasteiger partial charge in [0, 0.05) is 0 Å². The van der Waals surface area contributed by atoms with E-state index in [0.29, 0.717) is 6.61 Å². The first kappa shape index (κ1) is 13.0. The monoisotopic (exact) mass is 156 g/mol. The quantitative estimate of drug-likeness (QED) is 0.177. The van der Waals surface area contributed by atoms with Crippen LogP contribution in [0.15, 0.2) is 0 Å². The second-order valence-electron chi connectivity index (χ2n) is 1.46. The first-order valence-electron chi connectivity index (χ1n) is 2.71. The van der Waals surface area contributed by atoms with E-state index in [0.717, 1.165) is 6.42 Å². The Balaban J connectivity index is 0. The van der Waals surface area contributed by atoms with E-state index in [1.54, 1.807) is 0 Å². The third-order valence-electron chi connectivity index (χ3n) is 0.548. The molecule has 0 aliphatic carbocycles. The standard InChI is InChI=1S/C5H10O4.Na/c1-2-3-8-9-4-5(6)7;/h2-4H2,1H3,(H,6,7);/q;+1/p-1. The Bertz CT molecular complexity index is 85.7. The number of hydrogen-bond acceptors (Lipinski definition) is 4. The normalized spacial score (nSPS) is 8.50. The van der Waals surface area contributed by atoms with Crippen molar-refractivity contribution in [2.24, 2.45) is 0 Å². The van der Waals surface area contributed by atoms with Gasteiger partial charge in [-0.25, -0.2) is 9.78 Å². The van der Waals surface area contributed by atoms with E-state index in [4.69, 9.17) is 0 Å². The molecule has 0 spiro atoms. The third-order valence-corrected chi connectivity index (χ3v) is 0.548. The molecule has 0 atom stereocenters. The predicted octanol–water partition coefficient (Wildman–Crippen LogP) is -3.90. The first-order chi connectivity index (χ1) is 4.27. The summed E-state index contributed by atoms with van der Waals surface area (Å²) in [6.07, 6.45) is 0.799. The number of aliphatic carboxylic acids is 1. The molecule has 0 amide bonds. The summed E-state index contributed by atoms with van der Waals surface area (Å²) in [5.74, 6) is -1.27. The van der Waals surface area contributed by atoms with Crippen LogP contribution < -0.4 is 34.7 Å². The van der Waals surface area contributed by atoms with Crippen LogP contribution in [-0.2, 0) is 14.6 Å². The number of carbonyl (C=O) groups excluding carboxylic acids is 1. The first-order valence-corrected chi connectivity index (χ1v) is 2.71. The summed E-state index contributed by atoms with van der Waals surface area (Å²) in [5, 5.41) is 9.65. The molecule has 0 unspecified atom stereocenters. The van der Waals surface area contributed by atoms with Crippen molar-refractivity contribution >= 4 is 5.97 Å². The van der Waals surface area contributed by atoms with Crippen LogP contribution in [0.4, 0.5) is 0 Å². The Morgan fingerprint density at radius 2 is 2.10 bits per heavy atom. The number of hydrogen-bond donors (Lipinski definition) is 0. The fourth-order valence-electron chi connectivity index (χ4n) is 0.232. The molecule has 0 radical (unpaired) electrons. The summed E-state index contributed by atoms with van der Waals surface area (Å²) in [6.45, 7) is 1.80. The van der Waals surface area contributed by atoms with Crippen molar-refractivity contribution in [3.63, 3.8) is 0 Å². The van der Waals surface area contributed by atoms with Crippen molar-refractivity contribution in [3.8, 4) is 0 Å². The Kier molecular flexibility index (Phi) is 12.2. The summed E-state index contributed by atoms with van der Waals surface area (Å²) in [6, 6.07) is 0. The van der Waals surface area contributed by atoms with Crippen LogP contribution in [0.25, 0.3) is 0 Å². The molecular weight excluding hydrogens is 147 g/mol. The van der Waals surface area contributed by atoms with Crippen LogP contribution in [-0.4, -0.2) is 19.2 Å².